The van der Waals surface area contributed by atoms with Crippen LogP contribution in [0.2, 0.25) is 0 Å². The lowest BCUT2D eigenvalue weighted by Gasteiger charge is -2.14. The number of nitrogens with two attached hydrogens (primary N) is 1. The van der Waals surface area contributed by atoms with Crippen molar-refractivity contribution in [1.29, 1.82) is 0 Å². The fraction of sp³-hybridized carbons (Fsp3) is 0.235. The van der Waals surface area contributed by atoms with E-state index in [-0.39, 0.29) is 5.91 Å². The molecule has 0 saturated heterocycles. The molecule has 0 aliphatic rings. The molecule has 1 amide bonds. The number of carbonyl (C=O) groups is 1. The molecule has 5 nitrogen and oxygen atoms in total. The summed E-state index contributed by atoms with van der Waals surface area (Å²) in [5, 5.41) is 2.88. The number of benzene rings is 2. The van der Waals surface area contributed by atoms with Gasteiger partial charge < -0.3 is 20.5 Å². The second kappa shape index (κ2) is 6.39. The van der Waals surface area contributed by atoms with Crippen LogP contribution >= 0.6 is 0 Å². The summed E-state index contributed by atoms with van der Waals surface area (Å²) in [7, 11) is 3.00. The molecule has 0 fully saturated rings. The molecule has 2 aromatic rings. The summed E-state index contributed by atoms with van der Waals surface area (Å²) >= 11 is 0. The zero-order valence-electron chi connectivity index (χ0n) is 13.2. The van der Waals surface area contributed by atoms with Crippen molar-refractivity contribution in [1.82, 2.24) is 0 Å². The number of amides is 1. The number of nitrogens with one attached hydrogen (secondary N) is 1. The Morgan fingerprint density at radius 3 is 2.32 bits per heavy atom. The Morgan fingerprint density at radius 1 is 1.05 bits per heavy atom. The molecule has 22 heavy (non-hydrogen) atoms. The Hall–Kier alpha value is -2.69. The molecule has 0 radical (unpaired) electrons. The van der Waals surface area contributed by atoms with Crippen LogP contribution in [-0.4, -0.2) is 20.1 Å². The molecular formula is C17H20N2O3. The predicted molar refractivity (Wildman–Crippen MR) is 87.8 cm³/mol. The number of carbonyl (C=O) groups excluding carboxylic acids is 1. The van der Waals surface area contributed by atoms with Crippen LogP contribution in [-0.2, 0) is 0 Å². The SMILES string of the molecule is COc1cc(C(=O)Nc2ccc(C)cc2C)c(OC)cc1N. The fourth-order valence-electron chi connectivity index (χ4n) is 2.24. The van der Waals surface area contributed by atoms with E-state index in [4.69, 9.17) is 15.2 Å². The van der Waals surface area contributed by atoms with Crippen LogP contribution < -0.4 is 20.5 Å². The minimum atomic E-state index is -0.276. The van der Waals surface area contributed by atoms with E-state index in [9.17, 15) is 4.79 Å². The maximum Gasteiger partial charge on any atom is 0.259 e. The van der Waals surface area contributed by atoms with E-state index in [2.05, 4.69) is 5.32 Å². The number of hydrogen-bond donors (Lipinski definition) is 2. The van der Waals surface area contributed by atoms with Crippen LogP contribution in [0.5, 0.6) is 11.5 Å². The Labute approximate surface area is 130 Å². The predicted octanol–water partition coefficient (Wildman–Crippen LogP) is 3.16. The minimum Gasteiger partial charge on any atom is -0.496 e. The number of methoxy groups -OCH3 is 2. The van der Waals surface area contributed by atoms with Crippen LogP contribution in [0.3, 0.4) is 0 Å². The molecule has 0 aliphatic carbocycles. The molecule has 2 rings (SSSR count). The standard InChI is InChI=1S/C17H20N2O3/c1-10-5-6-14(11(2)7-10)19-17(20)12-8-16(22-4)13(18)9-15(12)21-3/h5-9H,18H2,1-4H3,(H,19,20). The van der Waals surface area contributed by atoms with Crippen molar-refractivity contribution in [3.63, 3.8) is 0 Å². The summed E-state index contributed by atoms with van der Waals surface area (Å²) in [6, 6.07) is 8.99. The van der Waals surface area contributed by atoms with Gasteiger partial charge in [-0.3, -0.25) is 4.79 Å². The number of hydrogen-bond acceptors (Lipinski definition) is 4. The smallest absolute Gasteiger partial charge is 0.259 e. The molecule has 0 bridgehead atoms. The Morgan fingerprint density at radius 2 is 1.73 bits per heavy atom. The van der Waals surface area contributed by atoms with E-state index < -0.39 is 0 Å². The molecule has 0 spiro atoms. The molecule has 3 N–H and O–H groups in total. The second-order valence-corrected chi connectivity index (χ2v) is 5.07. The van der Waals surface area contributed by atoms with E-state index in [1.165, 1.54) is 14.2 Å². The highest BCUT2D eigenvalue weighted by atomic mass is 16.5. The summed E-state index contributed by atoms with van der Waals surface area (Å²) in [4.78, 5) is 12.5. The third-order valence-corrected chi connectivity index (χ3v) is 3.43. The largest absolute Gasteiger partial charge is 0.496 e. The van der Waals surface area contributed by atoms with Crippen LogP contribution in [0, 0.1) is 13.8 Å². The maximum absolute atomic E-state index is 12.5. The zero-order chi connectivity index (χ0) is 16.3. The van der Waals surface area contributed by atoms with Gasteiger partial charge in [-0.25, -0.2) is 0 Å². The van der Waals surface area contributed by atoms with Crippen molar-refractivity contribution in [2.45, 2.75) is 13.8 Å². The first-order valence-corrected chi connectivity index (χ1v) is 6.86. The molecule has 0 aliphatic heterocycles. The highest BCUT2D eigenvalue weighted by molar-refractivity contribution is 6.07. The van der Waals surface area contributed by atoms with Crippen molar-refractivity contribution >= 4 is 17.3 Å². The highest BCUT2D eigenvalue weighted by Crippen LogP contribution is 2.31. The van der Waals surface area contributed by atoms with Crippen LogP contribution in [0.15, 0.2) is 30.3 Å². The number of ether oxygens (including phenoxy) is 2. The van der Waals surface area contributed by atoms with E-state index >= 15 is 0 Å². The fourth-order valence-corrected chi connectivity index (χ4v) is 2.24. The van der Waals surface area contributed by atoms with Gasteiger partial charge >= 0.3 is 0 Å². The van der Waals surface area contributed by atoms with E-state index in [1.54, 1.807) is 12.1 Å². The van der Waals surface area contributed by atoms with Gasteiger partial charge in [0.1, 0.15) is 11.5 Å². The molecule has 0 heterocycles. The first-order valence-electron chi connectivity index (χ1n) is 6.86. The average molecular weight is 300 g/mol. The summed E-state index contributed by atoms with van der Waals surface area (Å²) in [5.41, 5.74) is 9.51. The molecule has 0 unspecified atom stereocenters. The molecule has 2 aromatic carbocycles. The molecular weight excluding hydrogens is 280 g/mol. The van der Waals surface area contributed by atoms with Crippen LogP contribution in [0.25, 0.3) is 0 Å². The molecule has 5 heteroatoms. The number of nitrogen functional groups attached to an aromatic ring is 1. The average Bonchev–Trinajstić information content (AvgIpc) is 2.49. The Balaban J connectivity index is 2.36. The van der Waals surface area contributed by atoms with Gasteiger partial charge in [-0.1, -0.05) is 17.7 Å². The third-order valence-electron chi connectivity index (χ3n) is 3.43. The maximum atomic E-state index is 12.5. The topological polar surface area (TPSA) is 73.6 Å². The lowest BCUT2D eigenvalue weighted by molar-refractivity contribution is 0.102. The van der Waals surface area contributed by atoms with Gasteiger partial charge in [-0.05, 0) is 31.5 Å². The zero-order valence-corrected chi connectivity index (χ0v) is 13.2. The van der Waals surface area contributed by atoms with Gasteiger partial charge in [0, 0.05) is 11.8 Å². The molecule has 0 aromatic heterocycles. The van der Waals surface area contributed by atoms with Crippen LogP contribution in [0.4, 0.5) is 11.4 Å². The number of anilines is 2. The Kier molecular flexibility index (Phi) is 4.56. The molecule has 116 valence electrons. The van der Waals surface area contributed by atoms with Gasteiger partial charge in [0.15, 0.2) is 0 Å². The van der Waals surface area contributed by atoms with Crippen molar-refractivity contribution in [3.05, 3.63) is 47.0 Å². The van der Waals surface area contributed by atoms with Crippen molar-refractivity contribution in [2.24, 2.45) is 0 Å². The molecule has 0 atom stereocenters. The van der Waals surface area contributed by atoms with Crippen LogP contribution in [0.1, 0.15) is 21.5 Å². The monoisotopic (exact) mass is 300 g/mol. The van der Waals surface area contributed by atoms with Crippen molar-refractivity contribution in [2.75, 3.05) is 25.3 Å². The summed E-state index contributed by atoms with van der Waals surface area (Å²) < 4.78 is 10.4. The number of rotatable bonds is 4. The summed E-state index contributed by atoms with van der Waals surface area (Å²) in [5.74, 6) is 0.564. The quantitative estimate of drug-likeness (QED) is 0.851. The van der Waals surface area contributed by atoms with Gasteiger partial charge in [0.2, 0.25) is 0 Å². The normalized spacial score (nSPS) is 10.2. The minimum absolute atomic E-state index is 0.276. The third kappa shape index (κ3) is 3.14. The summed E-state index contributed by atoms with van der Waals surface area (Å²) in [6.07, 6.45) is 0. The van der Waals surface area contributed by atoms with Gasteiger partial charge in [-0.15, -0.1) is 0 Å². The Bertz CT molecular complexity index is 711. The van der Waals surface area contributed by atoms with E-state index in [0.29, 0.717) is 22.7 Å². The van der Waals surface area contributed by atoms with Gasteiger partial charge in [-0.2, -0.15) is 0 Å². The molecule has 0 saturated carbocycles. The number of aryl methyl sites for hydroxylation is 2. The first kappa shape index (κ1) is 15.7. The van der Waals surface area contributed by atoms with E-state index in [0.717, 1.165) is 16.8 Å². The lowest BCUT2D eigenvalue weighted by Crippen LogP contribution is -2.14. The highest BCUT2D eigenvalue weighted by Gasteiger charge is 2.17. The second-order valence-electron chi connectivity index (χ2n) is 5.07. The van der Waals surface area contributed by atoms with E-state index in [1.807, 2.05) is 32.0 Å². The lowest BCUT2D eigenvalue weighted by atomic mass is 10.1. The van der Waals surface area contributed by atoms with Crippen molar-refractivity contribution < 1.29 is 14.3 Å². The summed E-state index contributed by atoms with van der Waals surface area (Å²) in [6.45, 7) is 3.95. The van der Waals surface area contributed by atoms with Crippen molar-refractivity contribution in [3.8, 4) is 11.5 Å². The van der Waals surface area contributed by atoms with Gasteiger partial charge in [0.25, 0.3) is 5.91 Å². The first-order chi connectivity index (χ1) is 10.5. The van der Waals surface area contributed by atoms with Gasteiger partial charge in [0.05, 0.1) is 25.5 Å².